The first kappa shape index (κ1) is 12.8. The van der Waals surface area contributed by atoms with Crippen LogP contribution >= 0.6 is 0 Å². The molecule has 0 radical (unpaired) electrons. The second kappa shape index (κ2) is 4.93. The number of nitrogens with zero attached hydrogens (tertiary/aromatic N) is 3. The highest BCUT2D eigenvalue weighted by Gasteiger charge is 2.30. The summed E-state index contributed by atoms with van der Waals surface area (Å²) in [6, 6.07) is 0. The molecule has 1 aromatic rings. The zero-order valence-electron chi connectivity index (χ0n) is 10.5. The molecule has 2 rings (SSSR count). The van der Waals surface area contributed by atoms with Crippen molar-refractivity contribution in [3.63, 3.8) is 0 Å². The number of hydrogen-bond acceptors (Lipinski definition) is 5. The molecule has 100 valence electrons. The third kappa shape index (κ3) is 2.79. The maximum Gasteiger partial charge on any atom is 0.350 e. The second-order valence-corrected chi connectivity index (χ2v) is 4.96. The number of aryl methyl sites for hydroxylation is 1. The van der Waals surface area contributed by atoms with Crippen LogP contribution in [0.3, 0.4) is 0 Å². The van der Waals surface area contributed by atoms with Crippen molar-refractivity contribution in [2.45, 2.75) is 37.6 Å². The molecule has 0 spiro atoms. The molecule has 18 heavy (non-hydrogen) atoms. The molecular formula is C11H18N4O3. The molecule has 1 aromatic heterocycles. The van der Waals surface area contributed by atoms with E-state index in [0.29, 0.717) is 0 Å². The lowest BCUT2D eigenvalue weighted by atomic mass is 9.83. The van der Waals surface area contributed by atoms with Gasteiger partial charge in [0.1, 0.15) is 12.8 Å². The summed E-state index contributed by atoms with van der Waals surface area (Å²) < 4.78 is 6.84. The second-order valence-electron chi connectivity index (χ2n) is 4.96. The Hall–Kier alpha value is -1.63. The lowest BCUT2D eigenvalue weighted by Crippen LogP contribution is -2.47. The van der Waals surface area contributed by atoms with Gasteiger partial charge in [0.05, 0.1) is 10.5 Å². The van der Waals surface area contributed by atoms with Gasteiger partial charge in [0.25, 0.3) is 0 Å². The van der Waals surface area contributed by atoms with E-state index in [-0.39, 0.29) is 23.7 Å². The number of nitro groups is 1. The van der Waals surface area contributed by atoms with Gasteiger partial charge in [0.15, 0.2) is 0 Å². The molecule has 0 amide bonds. The van der Waals surface area contributed by atoms with Crippen LogP contribution < -0.4 is 10.5 Å². The maximum atomic E-state index is 10.8. The van der Waals surface area contributed by atoms with E-state index in [9.17, 15) is 10.1 Å². The molecule has 1 fully saturated rings. The van der Waals surface area contributed by atoms with Crippen molar-refractivity contribution in [2.24, 2.45) is 12.8 Å². The number of nitrogens with two attached hydrogens (primary N) is 1. The first-order valence-corrected chi connectivity index (χ1v) is 6.10. The van der Waals surface area contributed by atoms with Gasteiger partial charge >= 0.3 is 11.6 Å². The predicted octanol–water partition coefficient (Wildman–Crippen LogP) is 1.37. The minimum atomic E-state index is -0.494. The summed E-state index contributed by atoms with van der Waals surface area (Å²) in [4.78, 5) is 10.3. The SMILES string of the molecule is Cn1cc([N+](=O)[O-])c(OCC2(N)CCCCC2)n1. The van der Waals surface area contributed by atoms with Gasteiger partial charge in [-0.15, -0.1) is 5.10 Å². The lowest BCUT2D eigenvalue weighted by molar-refractivity contribution is -0.386. The van der Waals surface area contributed by atoms with Gasteiger partial charge < -0.3 is 10.5 Å². The summed E-state index contributed by atoms with van der Waals surface area (Å²) in [6.45, 7) is 0.283. The smallest absolute Gasteiger partial charge is 0.350 e. The number of hydrogen-bond donors (Lipinski definition) is 1. The fourth-order valence-electron chi connectivity index (χ4n) is 2.30. The van der Waals surface area contributed by atoms with Gasteiger partial charge in [-0.3, -0.25) is 14.8 Å². The molecule has 2 N–H and O–H groups in total. The van der Waals surface area contributed by atoms with Gasteiger partial charge in [0, 0.05) is 7.05 Å². The standard InChI is InChI=1S/C11H18N4O3/c1-14-7-9(15(16)17)10(13-14)18-8-11(12)5-3-2-4-6-11/h7H,2-6,8,12H2,1H3. The van der Waals surface area contributed by atoms with Crippen molar-refractivity contribution < 1.29 is 9.66 Å². The Kier molecular flexibility index (Phi) is 3.51. The molecule has 1 heterocycles. The average molecular weight is 254 g/mol. The molecular weight excluding hydrogens is 236 g/mol. The minimum absolute atomic E-state index is 0.0536. The Morgan fingerprint density at radius 1 is 1.56 bits per heavy atom. The molecule has 7 nitrogen and oxygen atoms in total. The summed E-state index contributed by atoms with van der Waals surface area (Å²) in [5.41, 5.74) is 5.73. The van der Waals surface area contributed by atoms with E-state index in [1.807, 2.05) is 0 Å². The molecule has 0 atom stereocenters. The van der Waals surface area contributed by atoms with Crippen LogP contribution in [-0.4, -0.2) is 26.8 Å². The number of ether oxygens (including phenoxy) is 1. The molecule has 1 aliphatic carbocycles. The summed E-state index contributed by atoms with van der Waals surface area (Å²) in [7, 11) is 1.62. The summed E-state index contributed by atoms with van der Waals surface area (Å²) in [6.07, 6.45) is 6.50. The highest BCUT2D eigenvalue weighted by Crippen LogP contribution is 2.29. The molecule has 0 saturated heterocycles. The van der Waals surface area contributed by atoms with Crippen LogP contribution in [0.1, 0.15) is 32.1 Å². The highest BCUT2D eigenvalue weighted by molar-refractivity contribution is 5.38. The third-order valence-electron chi connectivity index (χ3n) is 3.32. The molecule has 0 aromatic carbocycles. The molecule has 1 aliphatic rings. The lowest BCUT2D eigenvalue weighted by Gasteiger charge is -2.32. The largest absolute Gasteiger partial charge is 0.470 e. The van der Waals surface area contributed by atoms with Gasteiger partial charge in [-0.1, -0.05) is 19.3 Å². The quantitative estimate of drug-likeness (QED) is 0.646. The van der Waals surface area contributed by atoms with Crippen LogP contribution in [0.4, 0.5) is 5.69 Å². The Bertz CT molecular complexity index is 437. The Labute approximate surface area is 105 Å². The van der Waals surface area contributed by atoms with Gasteiger partial charge in [-0.05, 0) is 12.8 Å². The van der Waals surface area contributed by atoms with Crippen LogP contribution in [0.5, 0.6) is 5.88 Å². The van der Waals surface area contributed by atoms with E-state index in [4.69, 9.17) is 10.5 Å². The highest BCUT2D eigenvalue weighted by atomic mass is 16.6. The summed E-state index contributed by atoms with van der Waals surface area (Å²) in [5.74, 6) is 0.0536. The van der Waals surface area contributed by atoms with Crippen molar-refractivity contribution in [1.82, 2.24) is 9.78 Å². The Balaban J connectivity index is 2.03. The Morgan fingerprint density at radius 3 is 2.83 bits per heavy atom. The first-order chi connectivity index (χ1) is 8.50. The number of aromatic nitrogens is 2. The topological polar surface area (TPSA) is 96.2 Å². The summed E-state index contributed by atoms with van der Waals surface area (Å²) >= 11 is 0. The normalized spacial score (nSPS) is 18.6. The molecule has 7 heteroatoms. The van der Waals surface area contributed by atoms with E-state index < -0.39 is 4.92 Å². The summed E-state index contributed by atoms with van der Waals surface area (Å²) in [5, 5.41) is 14.8. The van der Waals surface area contributed by atoms with Crippen LogP contribution in [-0.2, 0) is 7.05 Å². The minimum Gasteiger partial charge on any atom is -0.470 e. The van der Waals surface area contributed by atoms with Crippen LogP contribution in [0.15, 0.2) is 6.20 Å². The van der Waals surface area contributed by atoms with Crippen molar-refractivity contribution in [3.05, 3.63) is 16.3 Å². The zero-order chi connectivity index (χ0) is 13.2. The van der Waals surface area contributed by atoms with E-state index in [1.165, 1.54) is 17.3 Å². The average Bonchev–Trinajstić information content (AvgIpc) is 2.69. The fourth-order valence-corrected chi connectivity index (χ4v) is 2.30. The molecule has 1 saturated carbocycles. The van der Waals surface area contributed by atoms with Gasteiger partial charge in [-0.25, -0.2) is 0 Å². The predicted molar refractivity (Wildman–Crippen MR) is 65.4 cm³/mol. The first-order valence-electron chi connectivity index (χ1n) is 6.10. The van der Waals surface area contributed by atoms with E-state index in [1.54, 1.807) is 7.05 Å². The van der Waals surface area contributed by atoms with Crippen LogP contribution in [0.2, 0.25) is 0 Å². The number of rotatable bonds is 4. The van der Waals surface area contributed by atoms with Crippen molar-refractivity contribution in [3.8, 4) is 5.88 Å². The molecule has 0 unspecified atom stereocenters. The monoisotopic (exact) mass is 254 g/mol. The van der Waals surface area contributed by atoms with Gasteiger partial charge in [0.2, 0.25) is 0 Å². The zero-order valence-corrected chi connectivity index (χ0v) is 10.5. The fraction of sp³-hybridized carbons (Fsp3) is 0.727. The molecule has 0 bridgehead atoms. The van der Waals surface area contributed by atoms with Crippen molar-refractivity contribution in [1.29, 1.82) is 0 Å². The van der Waals surface area contributed by atoms with Gasteiger partial charge in [-0.2, -0.15) is 0 Å². The van der Waals surface area contributed by atoms with Crippen molar-refractivity contribution >= 4 is 5.69 Å². The third-order valence-corrected chi connectivity index (χ3v) is 3.32. The molecule has 0 aliphatic heterocycles. The maximum absolute atomic E-state index is 10.8. The van der Waals surface area contributed by atoms with E-state index in [0.717, 1.165) is 25.7 Å². The van der Waals surface area contributed by atoms with E-state index >= 15 is 0 Å². The van der Waals surface area contributed by atoms with Crippen LogP contribution in [0.25, 0.3) is 0 Å². The van der Waals surface area contributed by atoms with E-state index in [2.05, 4.69) is 5.10 Å². The Morgan fingerprint density at radius 2 is 2.22 bits per heavy atom. The van der Waals surface area contributed by atoms with Crippen LogP contribution in [0, 0.1) is 10.1 Å². The van der Waals surface area contributed by atoms with Crippen molar-refractivity contribution in [2.75, 3.05) is 6.61 Å².